The van der Waals surface area contributed by atoms with Crippen LogP contribution in [0.4, 0.5) is 0 Å². The Hall–Kier alpha value is -2.75. The summed E-state index contributed by atoms with van der Waals surface area (Å²) in [4.78, 5) is 22.4. The zero-order valence-corrected chi connectivity index (χ0v) is 18.7. The third-order valence-corrected chi connectivity index (χ3v) is 7.03. The third kappa shape index (κ3) is 4.53. The van der Waals surface area contributed by atoms with Crippen LogP contribution in [0.2, 0.25) is 0 Å². The molecule has 0 saturated heterocycles. The minimum absolute atomic E-state index is 0.115. The first-order valence-electron chi connectivity index (χ1n) is 8.97. The number of aromatic nitrogens is 2. The molecule has 0 aliphatic carbocycles. The van der Waals surface area contributed by atoms with Crippen LogP contribution in [0, 0.1) is 0 Å². The van der Waals surface area contributed by atoms with Gasteiger partial charge in [-0.15, -0.1) is 34.0 Å². The monoisotopic (exact) mass is 458 g/mol. The number of hydrogen-bond acceptors (Lipinski definition) is 9. The zero-order valence-electron chi connectivity index (χ0n) is 16.3. The van der Waals surface area contributed by atoms with Gasteiger partial charge < -0.3 is 14.2 Å². The summed E-state index contributed by atoms with van der Waals surface area (Å²) in [6.07, 6.45) is 0.141. The first kappa shape index (κ1) is 20.5. The van der Waals surface area contributed by atoms with Crippen LogP contribution in [-0.4, -0.2) is 30.2 Å². The highest BCUT2D eigenvalue weighted by molar-refractivity contribution is 7.20. The van der Waals surface area contributed by atoms with Gasteiger partial charge in [-0.1, -0.05) is 12.1 Å². The van der Waals surface area contributed by atoms with Gasteiger partial charge in [-0.2, -0.15) is 0 Å². The number of esters is 1. The second kappa shape index (κ2) is 9.38. The van der Waals surface area contributed by atoms with Crippen LogP contribution in [0.3, 0.4) is 0 Å². The molecule has 0 saturated carbocycles. The van der Waals surface area contributed by atoms with Gasteiger partial charge in [0.25, 0.3) is 0 Å². The summed E-state index contributed by atoms with van der Waals surface area (Å²) in [6.45, 7) is 0.115. The van der Waals surface area contributed by atoms with E-state index in [2.05, 4.69) is 9.97 Å². The Labute approximate surface area is 185 Å². The summed E-state index contributed by atoms with van der Waals surface area (Å²) < 4.78 is 16.2. The number of carbonyl (C=O) groups is 1. The summed E-state index contributed by atoms with van der Waals surface area (Å²) in [7, 11) is 3.19. The van der Waals surface area contributed by atoms with Gasteiger partial charge in [-0.05, 0) is 23.6 Å². The van der Waals surface area contributed by atoms with Crippen molar-refractivity contribution in [3.63, 3.8) is 0 Å². The standard InChI is InChI=1S/C21H18N2O4S3/c1-25-16-6-3-5-15(19(16)26-2)20-23-14(12-29-20)10-27-18(24)9-13-11-30-21(22-13)17-7-4-8-28-17/h3-8,11-12H,9-10H2,1-2H3. The molecule has 0 N–H and O–H groups in total. The van der Waals surface area contributed by atoms with Gasteiger partial charge in [0.15, 0.2) is 11.5 Å². The van der Waals surface area contributed by atoms with Gasteiger partial charge in [0.1, 0.15) is 16.6 Å². The van der Waals surface area contributed by atoms with E-state index in [1.54, 1.807) is 25.6 Å². The lowest BCUT2D eigenvalue weighted by atomic mass is 10.2. The van der Waals surface area contributed by atoms with Crippen molar-refractivity contribution < 1.29 is 19.0 Å². The number of methoxy groups -OCH3 is 2. The maximum absolute atomic E-state index is 12.2. The number of benzene rings is 1. The quantitative estimate of drug-likeness (QED) is 0.334. The molecule has 0 fully saturated rings. The lowest BCUT2D eigenvalue weighted by molar-refractivity contribution is -0.144. The van der Waals surface area contributed by atoms with E-state index in [9.17, 15) is 4.79 Å². The van der Waals surface area contributed by atoms with E-state index in [4.69, 9.17) is 14.2 Å². The number of thiophene rings is 1. The normalized spacial score (nSPS) is 10.7. The molecule has 0 atom stereocenters. The molecular formula is C21H18N2O4S3. The number of carbonyl (C=O) groups excluding carboxylic acids is 1. The molecule has 154 valence electrons. The molecule has 4 rings (SSSR count). The van der Waals surface area contributed by atoms with E-state index in [1.165, 1.54) is 22.7 Å². The van der Waals surface area contributed by atoms with E-state index < -0.39 is 0 Å². The maximum Gasteiger partial charge on any atom is 0.312 e. The SMILES string of the molecule is COc1cccc(-c2nc(COC(=O)Cc3csc(-c4cccs4)n3)cs2)c1OC. The van der Waals surface area contributed by atoms with Crippen molar-refractivity contribution in [3.05, 3.63) is 57.9 Å². The molecular weight excluding hydrogens is 440 g/mol. The summed E-state index contributed by atoms with van der Waals surface area (Å²) in [6, 6.07) is 9.64. The van der Waals surface area contributed by atoms with Gasteiger partial charge in [0, 0.05) is 10.8 Å². The Morgan fingerprint density at radius 2 is 1.73 bits per heavy atom. The Morgan fingerprint density at radius 1 is 0.933 bits per heavy atom. The van der Waals surface area contributed by atoms with Crippen molar-refractivity contribution in [2.45, 2.75) is 13.0 Å². The molecule has 30 heavy (non-hydrogen) atoms. The van der Waals surface area contributed by atoms with Crippen LogP contribution in [0.5, 0.6) is 11.5 Å². The lowest BCUT2D eigenvalue weighted by Gasteiger charge is -2.10. The van der Waals surface area contributed by atoms with Crippen LogP contribution in [-0.2, 0) is 22.6 Å². The van der Waals surface area contributed by atoms with Crippen LogP contribution < -0.4 is 9.47 Å². The van der Waals surface area contributed by atoms with Crippen molar-refractivity contribution in [1.29, 1.82) is 0 Å². The number of thiazole rings is 2. The minimum Gasteiger partial charge on any atom is -0.493 e. The van der Waals surface area contributed by atoms with Crippen LogP contribution in [0.25, 0.3) is 20.5 Å². The minimum atomic E-state index is -0.327. The predicted molar refractivity (Wildman–Crippen MR) is 120 cm³/mol. The van der Waals surface area contributed by atoms with E-state index in [1.807, 2.05) is 46.5 Å². The first-order chi connectivity index (χ1) is 14.7. The molecule has 9 heteroatoms. The largest absolute Gasteiger partial charge is 0.493 e. The topological polar surface area (TPSA) is 70.5 Å². The van der Waals surface area contributed by atoms with Crippen molar-refractivity contribution >= 4 is 40.0 Å². The smallest absolute Gasteiger partial charge is 0.312 e. The fraction of sp³-hybridized carbons (Fsp3) is 0.190. The average molecular weight is 459 g/mol. The van der Waals surface area contributed by atoms with E-state index in [0.29, 0.717) is 22.9 Å². The molecule has 0 aliphatic heterocycles. The summed E-state index contributed by atoms with van der Waals surface area (Å²) in [5.41, 5.74) is 2.24. The first-order valence-corrected chi connectivity index (χ1v) is 11.6. The Balaban J connectivity index is 1.37. The van der Waals surface area contributed by atoms with Crippen LogP contribution in [0.15, 0.2) is 46.5 Å². The highest BCUT2D eigenvalue weighted by atomic mass is 32.1. The van der Waals surface area contributed by atoms with Crippen LogP contribution >= 0.6 is 34.0 Å². The number of para-hydroxylation sites is 1. The molecule has 0 aliphatic rings. The second-order valence-electron chi connectivity index (χ2n) is 6.14. The molecule has 0 amide bonds. The lowest BCUT2D eigenvalue weighted by Crippen LogP contribution is -2.08. The highest BCUT2D eigenvalue weighted by Gasteiger charge is 2.16. The Kier molecular flexibility index (Phi) is 6.41. The molecule has 0 radical (unpaired) electrons. The van der Waals surface area contributed by atoms with E-state index in [-0.39, 0.29) is 19.0 Å². The molecule has 4 aromatic rings. The molecule has 1 aromatic carbocycles. The Morgan fingerprint density at radius 3 is 2.50 bits per heavy atom. The predicted octanol–water partition coefficient (Wildman–Crippen LogP) is 5.30. The number of hydrogen-bond donors (Lipinski definition) is 0. The number of nitrogens with zero attached hydrogens (tertiary/aromatic N) is 2. The summed E-state index contributed by atoms with van der Waals surface area (Å²) in [5.74, 6) is 0.942. The van der Waals surface area contributed by atoms with Crippen molar-refractivity contribution in [3.8, 4) is 32.0 Å². The summed E-state index contributed by atoms with van der Waals surface area (Å²) in [5, 5.41) is 7.47. The van der Waals surface area contributed by atoms with Crippen molar-refractivity contribution in [2.75, 3.05) is 14.2 Å². The van der Waals surface area contributed by atoms with Crippen LogP contribution in [0.1, 0.15) is 11.4 Å². The number of rotatable bonds is 8. The second-order valence-corrected chi connectivity index (χ2v) is 8.81. The number of ether oxygens (including phenoxy) is 3. The molecule has 0 spiro atoms. The molecule has 0 unspecified atom stereocenters. The van der Waals surface area contributed by atoms with Crippen molar-refractivity contribution in [1.82, 2.24) is 9.97 Å². The van der Waals surface area contributed by atoms with E-state index >= 15 is 0 Å². The Bertz CT molecular complexity index is 1140. The molecule has 6 nitrogen and oxygen atoms in total. The van der Waals surface area contributed by atoms with Gasteiger partial charge in [-0.25, -0.2) is 9.97 Å². The van der Waals surface area contributed by atoms with Gasteiger partial charge in [-0.3, -0.25) is 4.79 Å². The molecule has 3 aromatic heterocycles. The maximum atomic E-state index is 12.2. The molecule has 0 bridgehead atoms. The van der Waals surface area contributed by atoms with Gasteiger partial charge in [0.05, 0.1) is 42.5 Å². The fourth-order valence-corrected chi connectivity index (χ4v) is 5.27. The van der Waals surface area contributed by atoms with E-state index in [0.717, 1.165) is 20.5 Å². The fourth-order valence-electron chi connectivity index (χ4n) is 2.81. The highest BCUT2D eigenvalue weighted by Crippen LogP contribution is 2.39. The zero-order chi connectivity index (χ0) is 20.9. The molecule has 3 heterocycles. The van der Waals surface area contributed by atoms with Gasteiger partial charge >= 0.3 is 5.97 Å². The average Bonchev–Trinajstić information content (AvgIpc) is 3.53. The van der Waals surface area contributed by atoms with Crippen molar-refractivity contribution in [2.24, 2.45) is 0 Å². The summed E-state index contributed by atoms with van der Waals surface area (Å²) >= 11 is 4.62. The third-order valence-electron chi connectivity index (χ3n) is 4.18. The van der Waals surface area contributed by atoms with Gasteiger partial charge in [0.2, 0.25) is 0 Å².